The van der Waals surface area contributed by atoms with E-state index in [4.69, 9.17) is 9.47 Å². The van der Waals surface area contributed by atoms with Crippen molar-refractivity contribution in [2.45, 2.75) is 58.3 Å². The molecule has 8 heteroatoms. The Hall–Kier alpha value is -3.68. The van der Waals surface area contributed by atoms with Gasteiger partial charge in [0.05, 0.1) is 11.7 Å². The summed E-state index contributed by atoms with van der Waals surface area (Å²) in [6.07, 6.45) is 7.65. The number of hydrogen-bond acceptors (Lipinski definition) is 5. The van der Waals surface area contributed by atoms with Crippen LogP contribution in [0.25, 0.3) is 0 Å². The number of benzene rings is 2. The van der Waals surface area contributed by atoms with E-state index in [-0.39, 0.29) is 23.2 Å². The average Bonchev–Trinajstić information content (AvgIpc) is 3.36. The van der Waals surface area contributed by atoms with E-state index in [1.807, 2.05) is 30.0 Å². The predicted molar refractivity (Wildman–Crippen MR) is 129 cm³/mol. The second kappa shape index (κ2) is 11.2. The second-order valence-corrected chi connectivity index (χ2v) is 8.44. The lowest BCUT2D eigenvalue weighted by molar-refractivity contribution is -0.0520. The van der Waals surface area contributed by atoms with Crippen LogP contribution in [0.4, 0.5) is 20.2 Å². The highest BCUT2D eigenvalue weighted by molar-refractivity contribution is 5.92. The molecule has 0 atom stereocenters. The molecule has 35 heavy (non-hydrogen) atoms. The first kappa shape index (κ1) is 24.4. The van der Waals surface area contributed by atoms with Gasteiger partial charge in [-0.05, 0) is 73.6 Å². The topological polar surface area (TPSA) is 71.9 Å². The molecule has 0 radical (unpaired) electrons. The van der Waals surface area contributed by atoms with Crippen molar-refractivity contribution in [3.63, 3.8) is 0 Å². The lowest BCUT2D eigenvalue weighted by Crippen LogP contribution is -2.20. The molecule has 0 bridgehead atoms. The van der Waals surface area contributed by atoms with Crippen LogP contribution in [0.3, 0.4) is 0 Å². The van der Waals surface area contributed by atoms with Gasteiger partial charge in [-0.2, -0.15) is 8.78 Å². The number of aromatic carboxylic acids is 1. The minimum Gasteiger partial charge on any atom is -0.486 e. The van der Waals surface area contributed by atoms with Gasteiger partial charge in [0.2, 0.25) is 0 Å². The van der Waals surface area contributed by atoms with Crippen LogP contribution in [0.15, 0.2) is 60.9 Å². The molecule has 0 aliphatic heterocycles. The van der Waals surface area contributed by atoms with Crippen molar-refractivity contribution in [1.29, 1.82) is 0 Å². The molecular formula is C27H28F2N2O4. The molecule has 2 aromatic carbocycles. The highest BCUT2D eigenvalue weighted by Gasteiger charge is 2.23. The fourth-order valence-corrected chi connectivity index (χ4v) is 4.53. The Kier molecular flexibility index (Phi) is 7.80. The van der Waals surface area contributed by atoms with Crippen LogP contribution in [0.5, 0.6) is 11.5 Å². The average molecular weight is 483 g/mol. The second-order valence-electron chi connectivity index (χ2n) is 8.44. The minimum atomic E-state index is -2.97. The van der Waals surface area contributed by atoms with Crippen molar-refractivity contribution >= 4 is 17.3 Å². The van der Waals surface area contributed by atoms with Gasteiger partial charge in [0.1, 0.15) is 0 Å². The fraction of sp³-hybridized carbons (Fsp3) is 0.333. The van der Waals surface area contributed by atoms with E-state index in [1.165, 1.54) is 6.07 Å². The third-order valence-corrected chi connectivity index (χ3v) is 6.14. The standard InChI is InChI=1S/C27H28F2N2O4/c1-2-21-22(26(32)33)10-5-11-23(21)31(17-18-7-6-14-30-16-18)19-12-13-24(35-27(28)29)25(15-19)34-20-8-3-4-9-20/h5-7,10-16,20,27H,2-4,8-9,17H2,1H3,(H,32,33). The van der Waals surface area contributed by atoms with E-state index >= 15 is 0 Å². The molecule has 1 fully saturated rings. The number of carboxylic acid groups (broad SMARTS) is 1. The summed E-state index contributed by atoms with van der Waals surface area (Å²) in [6, 6.07) is 13.8. The van der Waals surface area contributed by atoms with Gasteiger partial charge >= 0.3 is 12.6 Å². The van der Waals surface area contributed by atoms with Crippen LogP contribution in [-0.2, 0) is 13.0 Å². The molecule has 1 heterocycles. The number of carbonyl (C=O) groups is 1. The number of pyridine rings is 1. The third kappa shape index (κ3) is 5.88. The van der Waals surface area contributed by atoms with Gasteiger partial charge in [0.15, 0.2) is 11.5 Å². The molecule has 1 N–H and O–H groups in total. The number of carboxylic acids is 1. The van der Waals surface area contributed by atoms with Gasteiger partial charge in [-0.1, -0.05) is 19.1 Å². The van der Waals surface area contributed by atoms with Crippen LogP contribution in [0.2, 0.25) is 0 Å². The smallest absolute Gasteiger partial charge is 0.387 e. The number of rotatable bonds is 10. The number of aromatic nitrogens is 1. The maximum Gasteiger partial charge on any atom is 0.387 e. The molecule has 1 aliphatic rings. The van der Waals surface area contributed by atoms with Crippen molar-refractivity contribution in [1.82, 2.24) is 4.98 Å². The zero-order valence-corrected chi connectivity index (χ0v) is 19.5. The molecule has 6 nitrogen and oxygen atoms in total. The molecule has 3 aromatic rings. The molecule has 0 saturated heterocycles. The summed E-state index contributed by atoms with van der Waals surface area (Å²) >= 11 is 0. The highest BCUT2D eigenvalue weighted by Crippen LogP contribution is 2.40. The number of ether oxygens (including phenoxy) is 2. The van der Waals surface area contributed by atoms with E-state index in [0.717, 1.165) is 31.2 Å². The molecule has 4 rings (SSSR count). The van der Waals surface area contributed by atoms with E-state index < -0.39 is 12.6 Å². The van der Waals surface area contributed by atoms with Crippen molar-refractivity contribution in [3.05, 3.63) is 77.6 Å². The Balaban J connectivity index is 1.81. The van der Waals surface area contributed by atoms with Gasteiger partial charge in [0, 0.05) is 36.4 Å². The molecule has 0 amide bonds. The zero-order chi connectivity index (χ0) is 24.8. The molecule has 0 spiro atoms. The number of alkyl halides is 2. The van der Waals surface area contributed by atoms with Crippen LogP contribution in [0, 0.1) is 0 Å². The summed E-state index contributed by atoms with van der Waals surface area (Å²) in [4.78, 5) is 18.1. The number of hydrogen-bond donors (Lipinski definition) is 1. The van der Waals surface area contributed by atoms with Crippen molar-refractivity contribution < 1.29 is 28.2 Å². The Morgan fingerprint density at radius 3 is 2.60 bits per heavy atom. The lowest BCUT2D eigenvalue weighted by Gasteiger charge is -2.29. The first-order chi connectivity index (χ1) is 17.0. The van der Waals surface area contributed by atoms with E-state index in [9.17, 15) is 18.7 Å². The normalized spacial score (nSPS) is 13.7. The highest BCUT2D eigenvalue weighted by atomic mass is 19.3. The molecule has 1 aromatic heterocycles. The molecule has 1 aliphatic carbocycles. The summed E-state index contributed by atoms with van der Waals surface area (Å²) < 4.78 is 37.0. The van der Waals surface area contributed by atoms with Crippen molar-refractivity contribution in [2.75, 3.05) is 4.90 Å². The number of halogens is 2. The summed E-state index contributed by atoms with van der Waals surface area (Å²) in [5.74, 6) is -0.777. The first-order valence-corrected chi connectivity index (χ1v) is 11.7. The monoisotopic (exact) mass is 482 g/mol. The van der Waals surface area contributed by atoms with Crippen LogP contribution in [0.1, 0.15) is 54.1 Å². The van der Waals surface area contributed by atoms with Crippen LogP contribution in [-0.4, -0.2) is 28.8 Å². The van der Waals surface area contributed by atoms with E-state index in [1.54, 1.807) is 36.7 Å². The minimum absolute atomic E-state index is 0.0213. The predicted octanol–water partition coefficient (Wildman–Crippen LogP) is 6.60. The van der Waals surface area contributed by atoms with Gasteiger partial charge < -0.3 is 19.5 Å². The Morgan fingerprint density at radius 2 is 1.94 bits per heavy atom. The molecule has 1 saturated carbocycles. The zero-order valence-electron chi connectivity index (χ0n) is 19.5. The number of nitrogens with zero attached hydrogens (tertiary/aromatic N) is 2. The molecule has 184 valence electrons. The van der Waals surface area contributed by atoms with Crippen LogP contribution >= 0.6 is 0 Å². The van der Waals surface area contributed by atoms with Crippen LogP contribution < -0.4 is 14.4 Å². The van der Waals surface area contributed by atoms with Gasteiger partial charge in [-0.25, -0.2) is 4.79 Å². The largest absolute Gasteiger partial charge is 0.486 e. The Morgan fingerprint density at radius 1 is 1.14 bits per heavy atom. The molecule has 0 unspecified atom stereocenters. The Bertz CT molecular complexity index is 1150. The molecular weight excluding hydrogens is 454 g/mol. The fourth-order valence-electron chi connectivity index (χ4n) is 4.53. The van der Waals surface area contributed by atoms with Crippen molar-refractivity contribution in [3.8, 4) is 11.5 Å². The lowest BCUT2D eigenvalue weighted by atomic mass is 10.0. The van der Waals surface area contributed by atoms with Gasteiger partial charge in [-0.15, -0.1) is 0 Å². The summed E-state index contributed by atoms with van der Waals surface area (Å²) in [5, 5.41) is 9.75. The third-order valence-electron chi connectivity index (χ3n) is 6.14. The summed E-state index contributed by atoms with van der Waals surface area (Å²) in [7, 11) is 0. The maximum atomic E-state index is 13.1. The summed E-state index contributed by atoms with van der Waals surface area (Å²) in [5.41, 5.74) is 3.18. The maximum absolute atomic E-state index is 13.1. The SMILES string of the molecule is CCc1c(C(=O)O)cccc1N(Cc1cccnc1)c1ccc(OC(F)F)c(OC2CCCC2)c1. The quantitative estimate of drug-likeness (QED) is 0.351. The number of anilines is 2. The first-order valence-electron chi connectivity index (χ1n) is 11.7. The van der Waals surface area contributed by atoms with E-state index in [0.29, 0.717) is 29.9 Å². The van der Waals surface area contributed by atoms with Gasteiger partial charge in [0.25, 0.3) is 0 Å². The van der Waals surface area contributed by atoms with Gasteiger partial charge in [-0.3, -0.25) is 4.98 Å². The Labute approximate surface area is 203 Å². The summed E-state index contributed by atoms with van der Waals surface area (Å²) in [6.45, 7) is -0.680. The van der Waals surface area contributed by atoms with Crippen molar-refractivity contribution in [2.24, 2.45) is 0 Å². The van der Waals surface area contributed by atoms with E-state index in [2.05, 4.69) is 4.98 Å².